The molecule has 0 bridgehead atoms. The SMILES string of the molecule is COc1cccc([C@H]2CN(C(=O)c3cc(C)n(C)c3C)C[C@@H]2C(=O)O)c1. The van der Waals surface area contributed by atoms with Crippen molar-refractivity contribution in [1.82, 2.24) is 9.47 Å². The molecule has 1 aromatic heterocycles. The molecular formula is C20H24N2O4. The zero-order chi connectivity index (χ0) is 19.0. The van der Waals surface area contributed by atoms with E-state index in [1.807, 2.05) is 55.8 Å². The number of amides is 1. The van der Waals surface area contributed by atoms with Gasteiger partial charge in [-0.3, -0.25) is 9.59 Å². The number of aliphatic carboxylic acids is 1. The van der Waals surface area contributed by atoms with Crippen LogP contribution in [0.5, 0.6) is 5.75 Å². The lowest BCUT2D eigenvalue weighted by molar-refractivity contribution is -0.141. The number of aryl methyl sites for hydroxylation is 1. The molecule has 6 heteroatoms. The van der Waals surface area contributed by atoms with Crippen LogP contribution in [0.3, 0.4) is 0 Å². The van der Waals surface area contributed by atoms with Gasteiger partial charge in [-0.15, -0.1) is 0 Å². The summed E-state index contributed by atoms with van der Waals surface area (Å²) in [4.78, 5) is 26.5. The van der Waals surface area contributed by atoms with Crippen molar-refractivity contribution < 1.29 is 19.4 Å². The predicted molar refractivity (Wildman–Crippen MR) is 97.7 cm³/mol. The fraction of sp³-hybridized carbons (Fsp3) is 0.400. The third-order valence-corrected chi connectivity index (χ3v) is 5.45. The van der Waals surface area contributed by atoms with E-state index in [1.54, 1.807) is 12.0 Å². The molecule has 0 aliphatic carbocycles. The highest BCUT2D eigenvalue weighted by atomic mass is 16.5. The summed E-state index contributed by atoms with van der Waals surface area (Å²) in [6.07, 6.45) is 0. The molecule has 2 heterocycles. The predicted octanol–water partition coefficient (Wildman–Crippen LogP) is 2.59. The van der Waals surface area contributed by atoms with Crippen LogP contribution in [0.1, 0.15) is 33.2 Å². The summed E-state index contributed by atoms with van der Waals surface area (Å²) in [6.45, 7) is 4.46. The Bertz CT molecular complexity index is 855. The number of methoxy groups -OCH3 is 1. The van der Waals surface area contributed by atoms with Crippen LogP contribution < -0.4 is 4.74 Å². The summed E-state index contributed by atoms with van der Waals surface area (Å²) in [6, 6.07) is 9.29. The summed E-state index contributed by atoms with van der Waals surface area (Å²) < 4.78 is 7.22. The molecule has 1 aliphatic heterocycles. The number of hydrogen-bond donors (Lipinski definition) is 1. The lowest BCUT2D eigenvalue weighted by atomic mass is 9.89. The van der Waals surface area contributed by atoms with E-state index in [9.17, 15) is 14.7 Å². The molecule has 1 N–H and O–H groups in total. The van der Waals surface area contributed by atoms with E-state index in [1.165, 1.54) is 0 Å². The average Bonchev–Trinajstić information content (AvgIpc) is 3.19. The number of carbonyl (C=O) groups is 2. The molecule has 2 aromatic rings. The fourth-order valence-electron chi connectivity index (χ4n) is 3.67. The number of hydrogen-bond acceptors (Lipinski definition) is 3. The van der Waals surface area contributed by atoms with Gasteiger partial charge in [0.25, 0.3) is 5.91 Å². The average molecular weight is 356 g/mol. The molecule has 6 nitrogen and oxygen atoms in total. The Kier molecular flexibility index (Phi) is 4.76. The van der Waals surface area contributed by atoms with Gasteiger partial charge < -0.3 is 19.3 Å². The number of aromatic nitrogens is 1. The first kappa shape index (κ1) is 18.0. The second-order valence-electron chi connectivity index (χ2n) is 6.88. The minimum atomic E-state index is -0.880. The Morgan fingerprint density at radius 2 is 1.92 bits per heavy atom. The molecule has 0 spiro atoms. The van der Waals surface area contributed by atoms with Gasteiger partial charge in [0.1, 0.15) is 5.75 Å². The molecule has 138 valence electrons. The number of rotatable bonds is 4. The van der Waals surface area contributed by atoms with Gasteiger partial charge in [0.15, 0.2) is 0 Å². The van der Waals surface area contributed by atoms with E-state index >= 15 is 0 Å². The van der Waals surface area contributed by atoms with E-state index in [4.69, 9.17) is 4.74 Å². The molecule has 1 aliphatic rings. The monoisotopic (exact) mass is 356 g/mol. The first-order chi connectivity index (χ1) is 12.3. The van der Waals surface area contributed by atoms with Crippen molar-refractivity contribution in [2.75, 3.05) is 20.2 Å². The van der Waals surface area contributed by atoms with E-state index in [0.717, 1.165) is 17.0 Å². The van der Waals surface area contributed by atoms with Crippen molar-refractivity contribution in [2.24, 2.45) is 13.0 Å². The quantitative estimate of drug-likeness (QED) is 0.914. The van der Waals surface area contributed by atoms with Crippen molar-refractivity contribution in [3.05, 3.63) is 52.8 Å². The van der Waals surface area contributed by atoms with Crippen LogP contribution >= 0.6 is 0 Å². The smallest absolute Gasteiger partial charge is 0.308 e. The van der Waals surface area contributed by atoms with Gasteiger partial charge in [0.05, 0.1) is 18.6 Å². The fourth-order valence-corrected chi connectivity index (χ4v) is 3.67. The topological polar surface area (TPSA) is 71.8 Å². The Morgan fingerprint density at radius 3 is 2.50 bits per heavy atom. The Balaban J connectivity index is 1.90. The van der Waals surface area contributed by atoms with Gasteiger partial charge >= 0.3 is 5.97 Å². The summed E-state index contributed by atoms with van der Waals surface area (Å²) in [7, 11) is 3.50. The first-order valence-electron chi connectivity index (χ1n) is 8.62. The van der Waals surface area contributed by atoms with Crippen LogP contribution in [-0.2, 0) is 11.8 Å². The molecule has 0 unspecified atom stereocenters. The van der Waals surface area contributed by atoms with Crippen LogP contribution in [0.2, 0.25) is 0 Å². The molecule has 0 radical (unpaired) electrons. The zero-order valence-corrected chi connectivity index (χ0v) is 15.5. The highest BCUT2D eigenvalue weighted by Crippen LogP contribution is 2.35. The highest BCUT2D eigenvalue weighted by molar-refractivity contribution is 5.96. The van der Waals surface area contributed by atoms with E-state index < -0.39 is 11.9 Å². The number of likely N-dealkylation sites (tertiary alicyclic amines) is 1. The summed E-state index contributed by atoms with van der Waals surface area (Å²) in [5, 5.41) is 9.67. The zero-order valence-electron chi connectivity index (χ0n) is 15.5. The van der Waals surface area contributed by atoms with Gasteiger partial charge in [0, 0.05) is 37.4 Å². The first-order valence-corrected chi connectivity index (χ1v) is 8.62. The van der Waals surface area contributed by atoms with Gasteiger partial charge in [-0.1, -0.05) is 12.1 Å². The molecule has 1 aromatic carbocycles. The minimum absolute atomic E-state index is 0.108. The van der Waals surface area contributed by atoms with Crippen molar-refractivity contribution >= 4 is 11.9 Å². The number of ether oxygens (including phenoxy) is 1. The Morgan fingerprint density at radius 1 is 1.19 bits per heavy atom. The maximum Gasteiger partial charge on any atom is 0.308 e. The largest absolute Gasteiger partial charge is 0.497 e. The third-order valence-electron chi connectivity index (χ3n) is 5.45. The number of carboxylic acids is 1. The lowest BCUT2D eigenvalue weighted by Gasteiger charge is -2.17. The molecule has 26 heavy (non-hydrogen) atoms. The van der Waals surface area contributed by atoms with Crippen LogP contribution in [0.4, 0.5) is 0 Å². The van der Waals surface area contributed by atoms with Gasteiger partial charge in [-0.25, -0.2) is 0 Å². The van der Waals surface area contributed by atoms with Crippen LogP contribution in [0.25, 0.3) is 0 Å². The maximum atomic E-state index is 13.0. The normalized spacial score (nSPS) is 19.6. The van der Waals surface area contributed by atoms with Gasteiger partial charge in [0.2, 0.25) is 0 Å². The molecule has 1 fully saturated rings. The molecule has 3 rings (SSSR count). The Labute approximate surface area is 153 Å². The number of carboxylic acid groups (broad SMARTS) is 1. The third kappa shape index (κ3) is 3.07. The molecule has 1 amide bonds. The highest BCUT2D eigenvalue weighted by Gasteiger charge is 2.41. The van der Waals surface area contributed by atoms with E-state index in [2.05, 4.69) is 0 Å². The summed E-state index contributed by atoms with van der Waals surface area (Å²) >= 11 is 0. The van der Waals surface area contributed by atoms with Crippen LogP contribution in [0, 0.1) is 19.8 Å². The van der Waals surface area contributed by atoms with Crippen molar-refractivity contribution in [2.45, 2.75) is 19.8 Å². The second-order valence-corrected chi connectivity index (χ2v) is 6.88. The minimum Gasteiger partial charge on any atom is -0.497 e. The summed E-state index contributed by atoms with van der Waals surface area (Å²) in [5.41, 5.74) is 3.42. The summed E-state index contributed by atoms with van der Waals surface area (Å²) in [5.74, 6) is -1.18. The number of benzene rings is 1. The number of nitrogens with zero attached hydrogens (tertiary/aromatic N) is 2. The van der Waals surface area contributed by atoms with E-state index in [-0.39, 0.29) is 18.4 Å². The van der Waals surface area contributed by atoms with Gasteiger partial charge in [-0.05, 0) is 37.6 Å². The van der Waals surface area contributed by atoms with Gasteiger partial charge in [-0.2, -0.15) is 0 Å². The second kappa shape index (κ2) is 6.86. The number of carbonyl (C=O) groups excluding carboxylic acids is 1. The Hall–Kier alpha value is -2.76. The van der Waals surface area contributed by atoms with Crippen molar-refractivity contribution in [1.29, 1.82) is 0 Å². The van der Waals surface area contributed by atoms with Crippen molar-refractivity contribution in [3.8, 4) is 5.75 Å². The van der Waals surface area contributed by atoms with Crippen LogP contribution in [-0.4, -0.2) is 46.6 Å². The molecular weight excluding hydrogens is 332 g/mol. The maximum absolute atomic E-state index is 13.0. The lowest BCUT2D eigenvalue weighted by Crippen LogP contribution is -2.30. The van der Waals surface area contributed by atoms with Crippen LogP contribution in [0.15, 0.2) is 30.3 Å². The molecule has 1 saturated heterocycles. The molecule has 2 atom stereocenters. The van der Waals surface area contributed by atoms with E-state index in [0.29, 0.717) is 17.9 Å². The van der Waals surface area contributed by atoms with Crippen molar-refractivity contribution in [3.63, 3.8) is 0 Å². The molecule has 0 saturated carbocycles. The standard InChI is InChI=1S/C20H24N2O4/c1-12-8-16(13(2)21(12)3)19(23)22-10-17(18(11-22)20(24)25)14-6-5-7-15(9-14)26-4/h5-9,17-18H,10-11H2,1-4H3,(H,24,25)/t17-,18+/m1/s1.